The summed E-state index contributed by atoms with van der Waals surface area (Å²) in [5.74, 6) is -0.567. The highest BCUT2D eigenvalue weighted by Crippen LogP contribution is 2.27. The minimum atomic E-state index is -0.324. The van der Waals surface area contributed by atoms with Gasteiger partial charge in [-0.15, -0.1) is 0 Å². The Morgan fingerprint density at radius 1 is 1.11 bits per heavy atom. The zero-order valence-electron chi connectivity index (χ0n) is 21.6. The molecule has 1 unspecified atom stereocenters. The molecular formula is C29H31N5O3. The van der Waals surface area contributed by atoms with E-state index in [0.29, 0.717) is 29.1 Å². The Hall–Kier alpha value is -4.09. The topological polar surface area (TPSA) is 117 Å². The molecule has 1 atom stereocenters. The number of aromatic nitrogens is 2. The second-order valence-electron chi connectivity index (χ2n) is 10.2. The number of benzene rings is 1. The van der Waals surface area contributed by atoms with Gasteiger partial charge in [0.2, 0.25) is 0 Å². The molecule has 1 aliphatic rings. The summed E-state index contributed by atoms with van der Waals surface area (Å²) in [6, 6.07) is 12.7. The number of aryl methyl sites for hydroxylation is 1. The Balaban J connectivity index is 1.50. The van der Waals surface area contributed by atoms with Crippen molar-refractivity contribution in [2.75, 3.05) is 18.5 Å². The van der Waals surface area contributed by atoms with E-state index in [-0.39, 0.29) is 23.3 Å². The van der Waals surface area contributed by atoms with Crippen LogP contribution in [0.4, 0.5) is 5.69 Å². The first-order chi connectivity index (χ1) is 17.6. The second kappa shape index (κ2) is 10.9. The van der Waals surface area contributed by atoms with Gasteiger partial charge in [0.1, 0.15) is 5.69 Å². The van der Waals surface area contributed by atoms with Gasteiger partial charge in [-0.25, -0.2) is 0 Å². The van der Waals surface area contributed by atoms with E-state index >= 15 is 0 Å². The molecule has 2 amide bonds. The van der Waals surface area contributed by atoms with Gasteiger partial charge >= 0.3 is 0 Å². The van der Waals surface area contributed by atoms with Crippen molar-refractivity contribution in [2.45, 2.75) is 52.1 Å². The molecule has 2 N–H and O–H groups in total. The highest BCUT2D eigenvalue weighted by molar-refractivity contribution is 6.05. The highest BCUT2D eigenvalue weighted by Gasteiger charge is 2.19. The number of hydrogen-bond donors (Lipinski definition) is 2. The van der Waals surface area contributed by atoms with Crippen LogP contribution in [-0.4, -0.2) is 41.0 Å². The molecule has 4 rings (SSSR count). The van der Waals surface area contributed by atoms with Crippen LogP contribution < -0.4 is 10.6 Å². The third kappa shape index (κ3) is 6.38. The zero-order valence-corrected chi connectivity index (χ0v) is 21.6. The van der Waals surface area contributed by atoms with Crippen LogP contribution >= 0.6 is 0 Å². The van der Waals surface area contributed by atoms with Gasteiger partial charge in [0.25, 0.3) is 11.8 Å². The average molecular weight is 498 g/mol. The van der Waals surface area contributed by atoms with Gasteiger partial charge < -0.3 is 15.4 Å². The molecule has 2 aromatic heterocycles. The fourth-order valence-electron chi connectivity index (χ4n) is 4.14. The smallest absolute Gasteiger partial charge is 0.269 e. The van der Waals surface area contributed by atoms with Crippen LogP contribution in [0.3, 0.4) is 0 Å². The molecule has 3 heterocycles. The first kappa shape index (κ1) is 26.0. The molecule has 1 aromatic carbocycles. The monoisotopic (exact) mass is 497 g/mol. The predicted molar refractivity (Wildman–Crippen MR) is 141 cm³/mol. The third-order valence-electron chi connectivity index (χ3n) is 6.36. The lowest BCUT2D eigenvalue weighted by Gasteiger charge is -2.20. The summed E-state index contributed by atoms with van der Waals surface area (Å²) in [4.78, 5) is 34.3. The Morgan fingerprint density at radius 2 is 1.92 bits per heavy atom. The molecule has 0 saturated carbocycles. The number of nitrogens with zero attached hydrogens (tertiary/aromatic N) is 3. The summed E-state index contributed by atoms with van der Waals surface area (Å²) >= 11 is 0. The van der Waals surface area contributed by atoms with Crippen molar-refractivity contribution in [3.05, 3.63) is 76.9 Å². The van der Waals surface area contributed by atoms with Crippen molar-refractivity contribution in [1.29, 1.82) is 5.26 Å². The van der Waals surface area contributed by atoms with Crippen LogP contribution in [0.2, 0.25) is 0 Å². The number of carbonyl (C=O) groups is 2. The van der Waals surface area contributed by atoms with E-state index in [1.54, 1.807) is 24.5 Å². The van der Waals surface area contributed by atoms with Crippen LogP contribution in [0.25, 0.3) is 11.1 Å². The molecule has 1 fully saturated rings. The third-order valence-corrected chi connectivity index (χ3v) is 6.36. The Labute approximate surface area is 217 Å². The molecule has 0 spiro atoms. The van der Waals surface area contributed by atoms with E-state index < -0.39 is 0 Å². The van der Waals surface area contributed by atoms with Crippen LogP contribution in [-0.2, 0) is 10.2 Å². The number of anilines is 1. The van der Waals surface area contributed by atoms with Crippen molar-refractivity contribution < 1.29 is 14.3 Å². The summed E-state index contributed by atoms with van der Waals surface area (Å²) in [6.45, 7) is 9.19. The average Bonchev–Trinajstić information content (AvgIpc) is 3.41. The lowest BCUT2D eigenvalue weighted by Crippen LogP contribution is -2.32. The lowest BCUT2D eigenvalue weighted by atomic mass is 9.85. The molecule has 1 saturated heterocycles. The number of hydrogen-bond acceptors (Lipinski definition) is 6. The molecule has 3 aromatic rings. The molecule has 37 heavy (non-hydrogen) atoms. The maximum atomic E-state index is 13.1. The SMILES string of the molecule is Cc1ncc(NC(=O)c2cc(C#N)cc(C(C)(C)C)c2)cc1-c1ccc(C(=O)NCC2CCCO2)nc1. The van der Waals surface area contributed by atoms with Gasteiger partial charge in [-0.3, -0.25) is 19.6 Å². The van der Waals surface area contributed by atoms with Crippen LogP contribution in [0.1, 0.15) is 71.3 Å². The predicted octanol–water partition coefficient (Wildman–Crippen LogP) is 4.78. The quantitative estimate of drug-likeness (QED) is 0.506. The number of nitrogens with one attached hydrogen (secondary N) is 2. The second-order valence-corrected chi connectivity index (χ2v) is 10.2. The largest absolute Gasteiger partial charge is 0.376 e. The summed E-state index contributed by atoms with van der Waals surface area (Å²) in [5.41, 5.74) is 4.71. The summed E-state index contributed by atoms with van der Waals surface area (Å²) in [7, 11) is 0. The normalized spacial score (nSPS) is 15.2. The van der Waals surface area contributed by atoms with Crippen LogP contribution in [0, 0.1) is 18.3 Å². The van der Waals surface area contributed by atoms with Gasteiger partial charge in [0.15, 0.2) is 0 Å². The number of pyridine rings is 2. The van der Waals surface area contributed by atoms with E-state index in [2.05, 4.69) is 26.7 Å². The first-order valence-corrected chi connectivity index (χ1v) is 12.3. The molecule has 1 aliphatic heterocycles. The van der Waals surface area contributed by atoms with Gasteiger partial charge in [0.05, 0.1) is 29.6 Å². The minimum absolute atomic E-state index is 0.0670. The summed E-state index contributed by atoms with van der Waals surface area (Å²) in [5, 5.41) is 15.2. The lowest BCUT2D eigenvalue weighted by molar-refractivity contribution is 0.0853. The molecule has 0 radical (unpaired) electrons. The standard InChI is InChI=1S/C29H31N5O3/c1-18-25(20-7-8-26(32-15-20)28(36)33-17-24-6-5-9-37-24)13-23(16-31-18)34-27(35)21-10-19(14-30)11-22(12-21)29(2,3)4/h7-8,10-13,15-16,24H,5-6,9,17H2,1-4H3,(H,33,36)(H,34,35). The van der Waals surface area contributed by atoms with Crippen molar-refractivity contribution in [3.8, 4) is 17.2 Å². The van der Waals surface area contributed by atoms with Crippen molar-refractivity contribution >= 4 is 17.5 Å². The van der Waals surface area contributed by atoms with E-state index in [1.165, 1.54) is 0 Å². The minimum Gasteiger partial charge on any atom is -0.376 e. The number of rotatable bonds is 6. The fraction of sp³-hybridized carbons (Fsp3) is 0.345. The molecular weight excluding hydrogens is 466 g/mol. The molecule has 8 heteroatoms. The Bertz CT molecular complexity index is 1350. The summed E-state index contributed by atoms with van der Waals surface area (Å²) in [6.07, 6.45) is 5.26. The van der Waals surface area contributed by atoms with Crippen LogP contribution in [0.5, 0.6) is 0 Å². The maximum absolute atomic E-state index is 13.1. The van der Waals surface area contributed by atoms with Crippen LogP contribution in [0.15, 0.2) is 48.8 Å². The Kier molecular flexibility index (Phi) is 7.65. The molecule has 0 bridgehead atoms. The fourth-order valence-corrected chi connectivity index (χ4v) is 4.14. The maximum Gasteiger partial charge on any atom is 0.269 e. The van der Waals surface area contributed by atoms with E-state index in [0.717, 1.165) is 41.8 Å². The molecule has 190 valence electrons. The highest BCUT2D eigenvalue weighted by atomic mass is 16.5. The number of carbonyl (C=O) groups excluding carboxylic acids is 2. The number of nitriles is 1. The van der Waals surface area contributed by atoms with E-state index in [1.807, 2.05) is 52.0 Å². The number of amides is 2. The van der Waals surface area contributed by atoms with Crippen molar-refractivity contribution in [3.63, 3.8) is 0 Å². The van der Waals surface area contributed by atoms with E-state index in [4.69, 9.17) is 4.74 Å². The van der Waals surface area contributed by atoms with Crippen molar-refractivity contribution in [2.24, 2.45) is 0 Å². The van der Waals surface area contributed by atoms with Crippen molar-refractivity contribution in [1.82, 2.24) is 15.3 Å². The molecule has 0 aliphatic carbocycles. The summed E-state index contributed by atoms with van der Waals surface area (Å²) < 4.78 is 5.54. The Morgan fingerprint density at radius 3 is 2.57 bits per heavy atom. The molecule has 8 nitrogen and oxygen atoms in total. The van der Waals surface area contributed by atoms with Gasteiger partial charge in [-0.05, 0) is 61.1 Å². The van der Waals surface area contributed by atoms with E-state index in [9.17, 15) is 14.9 Å². The first-order valence-electron chi connectivity index (χ1n) is 12.3. The zero-order chi connectivity index (χ0) is 26.6. The number of ether oxygens (including phenoxy) is 1. The van der Waals surface area contributed by atoms with Gasteiger partial charge in [-0.1, -0.05) is 26.8 Å². The van der Waals surface area contributed by atoms with Gasteiger partial charge in [-0.2, -0.15) is 5.26 Å². The van der Waals surface area contributed by atoms with Gasteiger partial charge in [0, 0.05) is 41.7 Å².